The largest absolute Gasteiger partial charge is 0.354 e. The fourth-order valence-electron chi connectivity index (χ4n) is 1.65. The lowest BCUT2D eigenvalue weighted by Crippen LogP contribution is -2.46. The number of nitrogens with one attached hydrogen (secondary N) is 3. The predicted molar refractivity (Wildman–Crippen MR) is 80.8 cm³/mol. The molecule has 5 nitrogen and oxygen atoms in total. The van der Waals surface area contributed by atoms with Gasteiger partial charge >= 0.3 is 6.03 Å². The molecule has 0 saturated carbocycles. The van der Waals surface area contributed by atoms with Crippen LogP contribution in [0.3, 0.4) is 0 Å². The smallest absolute Gasteiger partial charge is 0.319 e. The summed E-state index contributed by atoms with van der Waals surface area (Å²) in [7, 11) is 0. The number of urea groups is 1. The molecule has 5 heteroatoms. The van der Waals surface area contributed by atoms with E-state index in [0.717, 1.165) is 12.0 Å². The van der Waals surface area contributed by atoms with Crippen LogP contribution in [-0.4, -0.2) is 24.5 Å². The summed E-state index contributed by atoms with van der Waals surface area (Å²) in [5.74, 6) is -0.179. The fourth-order valence-corrected chi connectivity index (χ4v) is 1.65. The number of rotatable bonds is 5. The van der Waals surface area contributed by atoms with E-state index >= 15 is 0 Å². The standard InChI is InChI=1S/C15H23N3O2/c1-5-8-16-14(19)12(4)17-15(20)18-13-7-6-10(2)11(3)9-13/h6-7,9,12H,5,8H2,1-4H3,(H,16,19)(H2,17,18,20). The molecule has 1 rings (SSSR count). The maximum absolute atomic E-state index is 11.8. The molecule has 1 unspecified atom stereocenters. The molecular formula is C15H23N3O2. The molecule has 0 bridgehead atoms. The molecule has 110 valence electrons. The molecule has 0 fully saturated rings. The van der Waals surface area contributed by atoms with E-state index < -0.39 is 6.04 Å². The van der Waals surface area contributed by atoms with Crippen LogP contribution in [0.2, 0.25) is 0 Å². The first kappa shape index (κ1) is 16.0. The van der Waals surface area contributed by atoms with Crippen LogP contribution in [-0.2, 0) is 4.79 Å². The molecule has 0 radical (unpaired) electrons. The molecule has 0 aliphatic rings. The normalized spacial score (nSPS) is 11.6. The highest BCUT2D eigenvalue weighted by Crippen LogP contribution is 2.13. The van der Waals surface area contributed by atoms with Crippen LogP contribution in [0, 0.1) is 13.8 Å². The minimum atomic E-state index is -0.562. The Hall–Kier alpha value is -2.04. The van der Waals surface area contributed by atoms with Crippen LogP contribution in [0.4, 0.5) is 10.5 Å². The quantitative estimate of drug-likeness (QED) is 0.773. The Morgan fingerprint density at radius 1 is 1.20 bits per heavy atom. The van der Waals surface area contributed by atoms with Crippen molar-refractivity contribution in [2.45, 2.75) is 40.2 Å². The summed E-state index contributed by atoms with van der Waals surface area (Å²) in [6, 6.07) is 4.74. The molecule has 0 aromatic heterocycles. The Kier molecular flexibility index (Phi) is 6.03. The minimum absolute atomic E-state index is 0.179. The van der Waals surface area contributed by atoms with Gasteiger partial charge in [0.2, 0.25) is 5.91 Å². The number of hydrogen-bond donors (Lipinski definition) is 3. The number of anilines is 1. The summed E-state index contributed by atoms with van der Waals surface area (Å²) in [6.07, 6.45) is 0.868. The minimum Gasteiger partial charge on any atom is -0.354 e. The van der Waals surface area contributed by atoms with Gasteiger partial charge in [0.1, 0.15) is 6.04 Å². The van der Waals surface area contributed by atoms with Crippen LogP contribution in [0.25, 0.3) is 0 Å². The summed E-state index contributed by atoms with van der Waals surface area (Å²) in [5.41, 5.74) is 2.99. The SMILES string of the molecule is CCCNC(=O)C(C)NC(=O)Nc1ccc(C)c(C)c1. The molecular weight excluding hydrogens is 254 g/mol. The second-order valence-corrected chi connectivity index (χ2v) is 4.91. The fraction of sp³-hybridized carbons (Fsp3) is 0.467. The van der Waals surface area contributed by atoms with Gasteiger partial charge in [0.05, 0.1) is 0 Å². The lowest BCUT2D eigenvalue weighted by atomic mass is 10.1. The molecule has 20 heavy (non-hydrogen) atoms. The molecule has 0 heterocycles. The van der Waals surface area contributed by atoms with Crippen LogP contribution in [0.1, 0.15) is 31.4 Å². The molecule has 1 aromatic rings. The summed E-state index contributed by atoms with van der Waals surface area (Å²) in [4.78, 5) is 23.4. The zero-order valence-corrected chi connectivity index (χ0v) is 12.5. The van der Waals surface area contributed by atoms with E-state index in [4.69, 9.17) is 0 Å². The first-order chi connectivity index (χ1) is 9.43. The summed E-state index contributed by atoms with van der Waals surface area (Å²) in [5, 5.41) is 8.07. The van der Waals surface area contributed by atoms with Gasteiger partial charge in [-0.15, -0.1) is 0 Å². The van der Waals surface area contributed by atoms with Gasteiger partial charge in [0, 0.05) is 12.2 Å². The first-order valence-electron chi connectivity index (χ1n) is 6.86. The lowest BCUT2D eigenvalue weighted by Gasteiger charge is -2.15. The molecule has 3 amide bonds. The van der Waals surface area contributed by atoms with Gasteiger partial charge in [-0.05, 0) is 50.5 Å². The van der Waals surface area contributed by atoms with Crippen LogP contribution >= 0.6 is 0 Å². The zero-order valence-electron chi connectivity index (χ0n) is 12.5. The van der Waals surface area contributed by atoms with Crippen molar-refractivity contribution in [3.8, 4) is 0 Å². The van der Waals surface area contributed by atoms with Gasteiger partial charge in [0.25, 0.3) is 0 Å². The third kappa shape index (κ3) is 4.91. The maximum Gasteiger partial charge on any atom is 0.319 e. The molecule has 0 aliphatic heterocycles. The van der Waals surface area contributed by atoms with Crippen molar-refractivity contribution in [3.05, 3.63) is 29.3 Å². The van der Waals surface area contributed by atoms with Crippen molar-refractivity contribution in [1.29, 1.82) is 0 Å². The monoisotopic (exact) mass is 277 g/mol. The number of benzene rings is 1. The van der Waals surface area contributed by atoms with Crippen molar-refractivity contribution >= 4 is 17.6 Å². The van der Waals surface area contributed by atoms with E-state index in [-0.39, 0.29) is 11.9 Å². The third-order valence-electron chi connectivity index (χ3n) is 3.05. The van der Waals surface area contributed by atoms with E-state index in [1.54, 1.807) is 6.92 Å². The van der Waals surface area contributed by atoms with E-state index in [9.17, 15) is 9.59 Å². The topological polar surface area (TPSA) is 70.2 Å². The second-order valence-electron chi connectivity index (χ2n) is 4.91. The highest BCUT2D eigenvalue weighted by Gasteiger charge is 2.14. The lowest BCUT2D eigenvalue weighted by molar-refractivity contribution is -0.122. The Bertz CT molecular complexity index is 486. The molecule has 3 N–H and O–H groups in total. The molecule has 1 atom stereocenters. The van der Waals surface area contributed by atoms with Gasteiger partial charge in [-0.2, -0.15) is 0 Å². The van der Waals surface area contributed by atoms with Crippen molar-refractivity contribution in [2.24, 2.45) is 0 Å². The van der Waals surface area contributed by atoms with Crippen LogP contribution < -0.4 is 16.0 Å². The number of aryl methyl sites for hydroxylation is 2. The van der Waals surface area contributed by atoms with E-state index in [2.05, 4.69) is 16.0 Å². The Balaban J connectivity index is 2.50. The van der Waals surface area contributed by atoms with E-state index in [0.29, 0.717) is 12.2 Å². The predicted octanol–water partition coefficient (Wildman–Crippen LogP) is 2.34. The highest BCUT2D eigenvalue weighted by atomic mass is 16.2. The van der Waals surface area contributed by atoms with Gasteiger partial charge in [-0.1, -0.05) is 13.0 Å². The van der Waals surface area contributed by atoms with Crippen molar-refractivity contribution in [3.63, 3.8) is 0 Å². The maximum atomic E-state index is 11.8. The van der Waals surface area contributed by atoms with Crippen LogP contribution in [0.15, 0.2) is 18.2 Å². The van der Waals surface area contributed by atoms with Gasteiger partial charge in [-0.3, -0.25) is 4.79 Å². The van der Waals surface area contributed by atoms with Gasteiger partial charge < -0.3 is 16.0 Å². The van der Waals surface area contributed by atoms with Crippen LogP contribution in [0.5, 0.6) is 0 Å². The number of carbonyl (C=O) groups is 2. The Morgan fingerprint density at radius 2 is 1.90 bits per heavy atom. The summed E-state index contributed by atoms with van der Waals surface area (Å²) in [6.45, 7) is 8.25. The Labute approximate surface area is 120 Å². The highest BCUT2D eigenvalue weighted by molar-refractivity contribution is 5.93. The third-order valence-corrected chi connectivity index (χ3v) is 3.05. The number of amides is 3. The second kappa shape index (κ2) is 7.53. The molecule has 1 aromatic carbocycles. The summed E-state index contributed by atoms with van der Waals surface area (Å²) < 4.78 is 0. The Morgan fingerprint density at radius 3 is 2.50 bits per heavy atom. The van der Waals surface area contributed by atoms with E-state index in [1.165, 1.54) is 5.56 Å². The summed E-state index contributed by atoms with van der Waals surface area (Å²) >= 11 is 0. The zero-order chi connectivity index (χ0) is 15.1. The van der Waals surface area contributed by atoms with E-state index in [1.807, 2.05) is 39.0 Å². The number of carbonyl (C=O) groups excluding carboxylic acids is 2. The van der Waals surface area contributed by atoms with Gasteiger partial charge in [-0.25, -0.2) is 4.79 Å². The average Bonchev–Trinajstić information content (AvgIpc) is 2.40. The van der Waals surface area contributed by atoms with Crippen molar-refractivity contribution in [1.82, 2.24) is 10.6 Å². The van der Waals surface area contributed by atoms with Crippen molar-refractivity contribution in [2.75, 3.05) is 11.9 Å². The van der Waals surface area contributed by atoms with Gasteiger partial charge in [0.15, 0.2) is 0 Å². The first-order valence-corrected chi connectivity index (χ1v) is 6.86. The molecule has 0 saturated heterocycles. The molecule has 0 aliphatic carbocycles. The van der Waals surface area contributed by atoms with Crippen molar-refractivity contribution < 1.29 is 9.59 Å². The number of hydrogen-bond acceptors (Lipinski definition) is 2. The average molecular weight is 277 g/mol. The molecule has 0 spiro atoms.